The molecule has 24 heavy (non-hydrogen) atoms. The highest BCUT2D eigenvalue weighted by atomic mass is 32.2. The molecule has 5 heteroatoms. The Labute approximate surface area is 152 Å². The highest BCUT2D eigenvalue weighted by molar-refractivity contribution is 7.99. The number of rotatable bonds is 5. The molecule has 0 unspecified atom stereocenters. The summed E-state index contributed by atoms with van der Waals surface area (Å²) in [5.41, 5.74) is 0.169. The van der Waals surface area contributed by atoms with Gasteiger partial charge in [0.2, 0.25) is 0 Å². The number of fused-ring (bicyclic) bond motifs is 1. The van der Waals surface area contributed by atoms with Crippen molar-refractivity contribution in [2.45, 2.75) is 83.2 Å². The second kappa shape index (κ2) is 7.26. The minimum atomic E-state index is -2.17. The van der Waals surface area contributed by atoms with Crippen molar-refractivity contribution in [3.8, 4) is 0 Å². The average Bonchev–Trinajstić information content (AvgIpc) is 2.85. The summed E-state index contributed by atoms with van der Waals surface area (Å²) in [6, 6.07) is 0. The first-order valence-corrected chi connectivity index (χ1v) is 13.3. The predicted octanol–water partition coefficient (Wildman–Crippen LogP) is 4.56. The van der Waals surface area contributed by atoms with Crippen molar-refractivity contribution < 1.29 is 14.3 Å². The van der Waals surface area contributed by atoms with Gasteiger partial charge in [-0.05, 0) is 43.0 Å². The highest BCUT2D eigenvalue weighted by Crippen LogP contribution is 2.45. The van der Waals surface area contributed by atoms with Crippen LogP contribution in [0.25, 0.3) is 0 Å². The number of thioether (sulfide) groups is 1. The number of carbonyl (C=O) groups is 1. The van der Waals surface area contributed by atoms with Gasteiger partial charge >= 0.3 is 0 Å². The second-order valence-corrected chi connectivity index (χ2v) is 14.7. The van der Waals surface area contributed by atoms with E-state index in [1.165, 1.54) is 5.57 Å². The van der Waals surface area contributed by atoms with Crippen LogP contribution in [-0.2, 0) is 9.22 Å². The van der Waals surface area contributed by atoms with Gasteiger partial charge in [0.15, 0.2) is 14.1 Å². The van der Waals surface area contributed by atoms with E-state index < -0.39 is 20.0 Å². The second-order valence-electron chi connectivity index (χ2n) is 8.90. The number of ketones is 1. The Morgan fingerprint density at radius 3 is 2.67 bits per heavy atom. The molecular formula is C19H34O3SSi. The third-order valence-corrected chi connectivity index (χ3v) is 11.7. The van der Waals surface area contributed by atoms with Crippen LogP contribution in [0.2, 0.25) is 18.1 Å². The first-order chi connectivity index (χ1) is 11.0. The molecule has 1 fully saturated rings. The topological polar surface area (TPSA) is 46.5 Å². The fourth-order valence-corrected chi connectivity index (χ4v) is 6.21. The van der Waals surface area contributed by atoms with E-state index in [1.807, 2.05) is 17.8 Å². The molecule has 1 saturated heterocycles. The Morgan fingerprint density at radius 2 is 2.08 bits per heavy atom. The first kappa shape index (κ1) is 20.2. The number of hydrogen-bond donors (Lipinski definition) is 1. The molecule has 1 aliphatic carbocycles. The Morgan fingerprint density at radius 1 is 1.42 bits per heavy atom. The van der Waals surface area contributed by atoms with E-state index >= 15 is 0 Å². The molecule has 0 aromatic rings. The van der Waals surface area contributed by atoms with E-state index in [9.17, 15) is 9.90 Å². The molecule has 2 aliphatic rings. The van der Waals surface area contributed by atoms with Gasteiger partial charge in [0, 0.05) is 11.5 Å². The van der Waals surface area contributed by atoms with Gasteiger partial charge in [0.05, 0.1) is 6.10 Å². The summed E-state index contributed by atoms with van der Waals surface area (Å²) in [5.74, 6) is 2.28. The number of carbonyl (C=O) groups excluding carboxylic acids is 1. The Bertz CT molecular complexity index is 509. The highest BCUT2D eigenvalue weighted by Gasteiger charge is 2.53. The van der Waals surface area contributed by atoms with E-state index in [4.69, 9.17) is 4.43 Å². The van der Waals surface area contributed by atoms with Crippen molar-refractivity contribution in [2.75, 3.05) is 11.5 Å². The molecule has 1 aliphatic heterocycles. The molecule has 0 bridgehead atoms. The molecule has 0 aromatic heterocycles. The smallest absolute Gasteiger partial charge is 0.193 e. The van der Waals surface area contributed by atoms with Crippen molar-refractivity contribution in [2.24, 2.45) is 5.92 Å². The quantitative estimate of drug-likeness (QED) is 0.721. The summed E-state index contributed by atoms with van der Waals surface area (Å²) in [6.07, 6.45) is 4.30. The van der Waals surface area contributed by atoms with Crippen molar-refractivity contribution in [3.05, 3.63) is 11.6 Å². The fraction of sp³-hybridized carbons (Fsp3) is 0.842. The molecule has 2 rings (SSSR count). The summed E-state index contributed by atoms with van der Waals surface area (Å²) in [6.45, 7) is 13.0. The Kier molecular flexibility index (Phi) is 6.11. The first-order valence-electron chi connectivity index (χ1n) is 9.24. The lowest BCUT2D eigenvalue weighted by Crippen LogP contribution is -2.59. The third-order valence-electron chi connectivity index (χ3n) is 6.04. The summed E-state index contributed by atoms with van der Waals surface area (Å²) >= 11 is 1.86. The van der Waals surface area contributed by atoms with Crippen LogP contribution in [0.5, 0.6) is 0 Å². The summed E-state index contributed by atoms with van der Waals surface area (Å²) in [5, 5.41) is 11.1. The SMILES string of the molecule is CCCC[C@@]1(O[Si](C)(C)C(C)(C)C)C(=O)C=C2CSC[C@H]2C[C@H]1O. The Hall–Kier alpha value is -0.103. The maximum absolute atomic E-state index is 13.3. The van der Waals surface area contributed by atoms with E-state index in [-0.39, 0.29) is 10.8 Å². The zero-order chi connectivity index (χ0) is 18.2. The van der Waals surface area contributed by atoms with Crippen LogP contribution in [0, 0.1) is 5.92 Å². The molecule has 138 valence electrons. The van der Waals surface area contributed by atoms with E-state index in [0.29, 0.717) is 18.8 Å². The van der Waals surface area contributed by atoms with Crippen molar-refractivity contribution >= 4 is 25.9 Å². The van der Waals surface area contributed by atoms with Crippen LogP contribution < -0.4 is 0 Å². The van der Waals surface area contributed by atoms with E-state index in [0.717, 1.165) is 24.3 Å². The molecule has 0 radical (unpaired) electrons. The molecule has 0 amide bonds. The van der Waals surface area contributed by atoms with Gasteiger partial charge in [0.25, 0.3) is 0 Å². The van der Waals surface area contributed by atoms with Gasteiger partial charge in [-0.2, -0.15) is 11.8 Å². The monoisotopic (exact) mass is 370 g/mol. The summed E-state index contributed by atoms with van der Waals surface area (Å²) in [7, 11) is -2.17. The van der Waals surface area contributed by atoms with Crippen LogP contribution in [0.4, 0.5) is 0 Å². The van der Waals surface area contributed by atoms with Crippen LogP contribution >= 0.6 is 11.8 Å². The molecule has 1 heterocycles. The van der Waals surface area contributed by atoms with Gasteiger partial charge in [-0.15, -0.1) is 0 Å². The lowest BCUT2D eigenvalue weighted by atomic mass is 9.84. The van der Waals surface area contributed by atoms with Gasteiger partial charge in [-0.1, -0.05) is 46.1 Å². The van der Waals surface area contributed by atoms with Gasteiger partial charge in [-0.25, -0.2) is 0 Å². The van der Waals surface area contributed by atoms with Crippen LogP contribution in [-0.4, -0.2) is 42.4 Å². The molecule has 0 saturated carbocycles. The van der Waals surface area contributed by atoms with E-state index in [1.54, 1.807) is 0 Å². The Balaban J connectivity index is 2.42. The zero-order valence-electron chi connectivity index (χ0n) is 16.1. The van der Waals surface area contributed by atoms with Gasteiger partial charge in [0.1, 0.15) is 5.60 Å². The maximum atomic E-state index is 13.3. The average molecular weight is 371 g/mol. The molecule has 1 N–H and O–H groups in total. The maximum Gasteiger partial charge on any atom is 0.193 e. The standard InChI is InChI=1S/C19H34O3SSi/c1-7-8-9-19(22-24(5,6)18(2,3)4)16(20)10-14-12-23-13-15(14)11-17(19)21/h10,15,17,21H,7-9,11-13H2,1-6H3/t15-,17-,19-/m1/s1. The lowest BCUT2D eigenvalue weighted by molar-refractivity contribution is -0.144. The molecule has 0 aromatic carbocycles. The van der Waals surface area contributed by atoms with Crippen molar-refractivity contribution in [1.29, 1.82) is 0 Å². The molecule has 3 atom stereocenters. The number of unbranched alkanes of at least 4 members (excludes halogenated alkanes) is 1. The van der Waals surface area contributed by atoms with E-state index in [2.05, 4.69) is 40.8 Å². The zero-order valence-corrected chi connectivity index (χ0v) is 18.0. The van der Waals surface area contributed by atoms with Crippen LogP contribution in [0.15, 0.2) is 11.6 Å². The van der Waals surface area contributed by atoms with Crippen LogP contribution in [0.3, 0.4) is 0 Å². The summed E-state index contributed by atoms with van der Waals surface area (Å²) in [4.78, 5) is 13.3. The molecule has 0 spiro atoms. The van der Waals surface area contributed by atoms with Crippen LogP contribution in [0.1, 0.15) is 53.4 Å². The fourth-order valence-electron chi connectivity index (χ4n) is 3.34. The molecule has 3 nitrogen and oxygen atoms in total. The van der Waals surface area contributed by atoms with Crippen molar-refractivity contribution in [3.63, 3.8) is 0 Å². The summed E-state index contributed by atoms with van der Waals surface area (Å²) < 4.78 is 6.69. The molecular weight excluding hydrogens is 336 g/mol. The number of aliphatic hydroxyl groups excluding tert-OH is 1. The predicted molar refractivity (Wildman–Crippen MR) is 105 cm³/mol. The number of hydrogen-bond acceptors (Lipinski definition) is 4. The van der Waals surface area contributed by atoms with Gasteiger partial charge < -0.3 is 9.53 Å². The largest absolute Gasteiger partial charge is 0.402 e. The minimum Gasteiger partial charge on any atom is -0.402 e. The minimum absolute atomic E-state index is 0.00766. The third kappa shape index (κ3) is 3.84. The van der Waals surface area contributed by atoms with Crippen molar-refractivity contribution in [1.82, 2.24) is 0 Å². The number of aliphatic hydroxyl groups is 1. The normalized spacial score (nSPS) is 31.6. The van der Waals surface area contributed by atoms with Gasteiger partial charge in [-0.3, -0.25) is 4.79 Å². The lowest BCUT2D eigenvalue weighted by Gasteiger charge is -2.46.